The molecule has 9 nitrogen and oxygen atoms in total. The lowest BCUT2D eigenvalue weighted by Gasteiger charge is -2.23. The number of pyridine rings is 1. The van der Waals surface area contributed by atoms with Crippen LogP contribution in [0, 0.1) is 6.92 Å². The molecule has 1 N–H and O–H groups in total. The number of amides is 2. The number of para-hydroxylation sites is 1. The second kappa shape index (κ2) is 8.02. The quantitative estimate of drug-likeness (QED) is 0.689. The summed E-state index contributed by atoms with van der Waals surface area (Å²) in [7, 11) is 1.56. The predicted molar refractivity (Wildman–Crippen MR) is 114 cm³/mol. The number of likely N-dealkylation sites (N-methyl/N-ethyl adjacent to an activating group) is 1. The van der Waals surface area contributed by atoms with Crippen molar-refractivity contribution in [2.24, 2.45) is 0 Å². The van der Waals surface area contributed by atoms with E-state index in [4.69, 9.17) is 4.74 Å². The third-order valence-electron chi connectivity index (χ3n) is 5.06. The Bertz CT molecular complexity index is 1210. The minimum atomic E-state index is -1.03. The van der Waals surface area contributed by atoms with Gasteiger partial charge in [-0.05, 0) is 38.1 Å². The second-order valence-corrected chi connectivity index (χ2v) is 7.24. The van der Waals surface area contributed by atoms with E-state index in [9.17, 15) is 14.4 Å². The van der Waals surface area contributed by atoms with Gasteiger partial charge in [-0.15, -0.1) is 0 Å². The number of ether oxygens (including phenoxy) is 1. The maximum Gasteiger partial charge on any atom is 0.276 e. The summed E-state index contributed by atoms with van der Waals surface area (Å²) in [6.07, 6.45) is 0.865. The number of anilines is 1. The van der Waals surface area contributed by atoms with Crippen molar-refractivity contribution in [3.05, 3.63) is 76.3 Å². The highest BCUT2D eigenvalue weighted by Crippen LogP contribution is 2.29. The topological polar surface area (TPSA) is 106 Å². The van der Waals surface area contributed by atoms with E-state index in [0.29, 0.717) is 22.9 Å². The van der Waals surface area contributed by atoms with Gasteiger partial charge in [0.2, 0.25) is 5.43 Å². The molecule has 9 heteroatoms. The Morgan fingerprint density at radius 3 is 2.61 bits per heavy atom. The minimum Gasteiger partial charge on any atom is -0.484 e. The van der Waals surface area contributed by atoms with Crippen molar-refractivity contribution in [2.75, 3.05) is 11.9 Å². The standard InChI is InChI=1S/C22H21N5O4/c1-13-12-16(28)19(25-27(13)15-8-5-4-6-9-15)21(29)24-18-14(2)31-17-10-7-11-23-20(17)26(3)22(18)30/h4-12,14,18H,1-3H3,(H,24,29)/t14-,18+/m1/s1. The summed E-state index contributed by atoms with van der Waals surface area (Å²) in [5.41, 5.74) is 0.445. The van der Waals surface area contributed by atoms with Gasteiger partial charge in [-0.3, -0.25) is 19.3 Å². The summed E-state index contributed by atoms with van der Waals surface area (Å²) in [4.78, 5) is 44.0. The fraction of sp³-hybridized carbons (Fsp3) is 0.227. The Kier molecular flexibility index (Phi) is 5.24. The summed E-state index contributed by atoms with van der Waals surface area (Å²) in [5, 5.41) is 6.87. The predicted octanol–water partition coefficient (Wildman–Crippen LogP) is 1.48. The third kappa shape index (κ3) is 3.77. The normalized spacial score (nSPS) is 18.0. The first-order valence-electron chi connectivity index (χ1n) is 9.73. The Hall–Kier alpha value is -4.01. The van der Waals surface area contributed by atoms with Gasteiger partial charge in [-0.1, -0.05) is 18.2 Å². The van der Waals surface area contributed by atoms with Crippen molar-refractivity contribution in [3.8, 4) is 11.4 Å². The minimum absolute atomic E-state index is 0.308. The molecule has 4 rings (SSSR count). The van der Waals surface area contributed by atoms with E-state index < -0.39 is 29.4 Å². The molecule has 2 amide bonds. The summed E-state index contributed by atoms with van der Waals surface area (Å²) in [5.74, 6) is -0.372. The van der Waals surface area contributed by atoms with Crippen LogP contribution in [0.5, 0.6) is 5.75 Å². The van der Waals surface area contributed by atoms with Gasteiger partial charge in [0.25, 0.3) is 11.8 Å². The largest absolute Gasteiger partial charge is 0.484 e. The van der Waals surface area contributed by atoms with Gasteiger partial charge in [0.15, 0.2) is 17.3 Å². The monoisotopic (exact) mass is 419 g/mol. The summed E-state index contributed by atoms with van der Waals surface area (Å²) < 4.78 is 7.36. The first-order valence-corrected chi connectivity index (χ1v) is 9.73. The number of aryl methyl sites for hydroxylation is 1. The van der Waals surface area contributed by atoms with E-state index in [-0.39, 0.29) is 5.69 Å². The van der Waals surface area contributed by atoms with E-state index in [0.717, 1.165) is 0 Å². The van der Waals surface area contributed by atoms with Crippen LogP contribution in [0.25, 0.3) is 5.69 Å². The van der Waals surface area contributed by atoms with Gasteiger partial charge in [0, 0.05) is 25.0 Å². The van der Waals surface area contributed by atoms with Gasteiger partial charge < -0.3 is 10.1 Å². The van der Waals surface area contributed by atoms with E-state index in [1.807, 2.05) is 30.3 Å². The molecular weight excluding hydrogens is 398 g/mol. The maximum atomic E-state index is 13.0. The van der Waals surface area contributed by atoms with Crippen molar-refractivity contribution in [3.63, 3.8) is 0 Å². The molecule has 0 radical (unpaired) electrons. The zero-order valence-electron chi connectivity index (χ0n) is 17.3. The van der Waals surface area contributed by atoms with Crippen LogP contribution in [0.4, 0.5) is 5.82 Å². The summed E-state index contributed by atoms with van der Waals surface area (Å²) in [6.45, 7) is 3.40. The Morgan fingerprint density at radius 1 is 1.13 bits per heavy atom. The molecule has 0 saturated heterocycles. The summed E-state index contributed by atoms with van der Waals surface area (Å²) in [6, 6.07) is 12.9. The second-order valence-electron chi connectivity index (χ2n) is 7.24. The number of hydrogen-bond acceptors (Lipinski definition) is 6. The fourth-order valence-corrected chi connectivity index (χ4v) is 3.43. The van der Waals surface area contributed by atoms with Crippen molar-refractivity contribution >= 4 is 17.6 Å². The Balaban J connectivity index is 1.65. The number of carbonyl (C=O) groups is 2. The lowest BCUT2D eigenvalue weighted by molar-refractivity contribution is -0.121. The molecule has 31 heavy (non-hydrogen) atoms. The molecule has 0 aliphatic carbocycles. The van der Waals surface area contributed by atoms with Crippen molar-refractivity contribution in [1.29, 1.82) is 0 Å². The molecule has 0 spiro atoms. The average molecular weight is 419 g/mol. The zero-order chi connectivity index (χ0) is 22.1. The van der Waals surface area contributed by atoms with Crippen LogP contribution in [0.1, 0.15) is 23.1 Å². The zero-order valence-corrected chi connectivity index (χ0v) is 17.3. The maximum absolute atomic E-state index is 13.0. The third-order valence-corrected chi connectivity index (χ3v) is 5.06. The van der Waals surface area contributed by atoms with Gasteiger partial charge in [0.1, 0.15) is 12.1 Å². The van der Waals surface area contributed by atoms with Crippen LogP contribution in [-0.4, -0.2) is 45.8 Å². The molecule has 3 heterocycles. The number of hydrogen-bond donors (Lipinski definition) is 1. The van der Waals surface area contributed by atoms with E-state index in [1.54, 1.807) is 39.2 Å². The number of benzene rings is 1. The molecule has 2 atom stereocenters. The van der Waals surface area contributed by atoms with Crippen LogP contribution >= 0.6 is 0 Å². The lowest BCUT2D eigenvalue weighted by Crippen LogP contribution is -2.54. The average Bonchev–Trinajstić information content (AvgIpc) is 2.85. The molecule has 0 unspecified atom stereocenters. The lowest BCUT2D eigenvalue weighted by atomic mass is 10.1. The number of nitrogens with zero attached hydrogens (tertiary/aromatic N) is 4. The van der Waals surface area contributed by atoms with Gasteiger partial charge in [0.05, 0.1) is 5.69 Å². The van der Waals surface area contributed by atoms with Gasteiger partial charge in [-0.25, -0.2) is 9.67 Å². The Morgan fingerprint density at radius 2 is 1.87 bits per heavy atom. The van der Waals surface area contributed by atoms with Crippen LogP contribution in [0.3, 0.4) is 0 Å². The number of rotatable bonds is 3. The molecule has 1 aliphatic rings. The van der Waals surface area contributed by atoms with E-state index >= 15 is 0 Å². The number of fused-ring (bicyclic) bond motifs is 1. The molecule has 0 bridgehead atoms. The smallest absolute Gasteiger partial charge is 0.276 e. The van der Waals surface area contributed by atoms with Crippen molar-refractivity contribution < 1.29 is 14.3 Å². The Labute approximate surface area is 178 Å². The van der Waals surface area contributed by atoms with Crippen molar-refractivity contribution in [1.82, 2.24) is 20.1 Å². The van der Waals surface area contributed by atoms with Crippen LogP contribution < -0.4 is 20.4 Å². The number of aromatic nitrogens is 3. The van der Waals surface area contributed by atoms with E-state index in [1.165, 1.54) is 15.6 Å². The molecule has 1 aliphatic heterocycles. The molecular formula is C22H21N5O4. The molecule has 2 aromatic heterocycles. The fourth-order valence-electron chi connectivity index (χ4n) is 3.43. The number of carbonyl (C=O) groups excluding carboxylic acids is 2. The molecule has 158 valence electrons. The van der Waals surface area contributed by atoms with E-state index in [2.05, 4.69) is 15.4 Å². The van der Waals surface area contributed by atoms with Crippen LogP contribution in [0.2, 0.25) is 0 Å². The SMILES string of the molecule is Cc1cc(=O)c(C(=O)N[C@@H]2C(=O)N(C)c3ncccc3O[C@@H]2C)nn1-c1ccccc1. The highest BCUT2D eigenvalue weighted by atomic mass is 16.5. The molecule has 0 saturated carbocycles. The first-order chi connectivity index (χ1) is 14.9. The van der Waals surface area contributed by atoms with Gasteiger partial charge >= 0.3 is 0 Å². The molecule has 0 fully saturated rings. The van der Waals surface area contributed by atoms with Crippen LogP contribution in [0.15, 0.2) is 59.5 Å². The highest BCUT2D eigenvalue weighted by molar-refractivity contribution is 6.02. The van der Waals surface area contributed by atoms with Crippen LogP contribution in [-0.2, 0) is 4.79 Å². The first kappa shape index (κ1) is 20.3. The molecule has 1 aromatic carbocycles. The summed E-state index contributed by atoms with van der Waals surface area (Å²) >= 11 is 0. The van der Waals surface area contributed by atoms with Crippen molar-refractivity contribution in [2.45, 2.75) is 26.0 Å². The highest BCUT2D eigenvalue weighted by Gasteiger charge is 2.37. The van der Waals surface area contributed by atoms with Gasteiger partial charge in [-0.2, -0.15) is 5.10 Å². The molecule has 3 aromatic rings. The number of nitrogens with one attached hydrogen (secondary N) is 1.